The third-order valence-corrected chi connectivity index (χ3v) is 4.98. The Labute approximate surface area is 145 Å². The maximum Gasteiger partial charge on any atom is 0.271 e. The smallest absolute Gasteiger partial charge is 0.271 e. The quantitative estimate of drug-likeness (QED) is 0.772. The second-order valence-electron chi connectivity index (χ2n) is 6.73. The number of nitrogens with zero attached hydrogens (tertiary/aromatic N) is 2. The molecule has 25 heavy (non-hydrogen) atoms. The summed E-state index contributed by atoms with van der Waals surface area (Å²) >= 11 is 0. The summed E-state index contributed by atoms with van der Waals surface area (Å²) < 4.78 is 0. The zero-order valence-electron chi connectivity index (χ0n) is 13.7. The summed E-state index contributed by atoms with van der Waals surface area (Å²) in [5.41, 5.74) is 1.46. The number of likely N-dealkylation sites (tertiary alicyclic amines) is 1. The lowest BCUT2D eigenvalue weighted by Gasteiger charge is -2.27. The standard InChI is InChI=1S/C18H20N4O3/c23-16-7-2-1-6-13(16)14-8-15(21-20-14)18(25)22-9-11-4-3-5-12(10-22)19-17(11)24/h1-2,6-8,11-12,23H,3-5,9-10H2,(H,19,24)(H,20,21)/t11-,12+/m0/s1. The van der Waals surface area contributed by atoms with Gasteiger partial charge >= 0.3 is 0 Å². The summed E-state index contributed by atoms with van der Waals surface area (Å²) in [4.78, 5) is 26.7. The van der Waals surface area contributed by atoms with Gasteiger partial charge in [-0.1, -0.05) is 18.6 Å². The first-order valence-electron chi connectivity index (χ1n) is 8.55. The van der Waals surface area contributed by atoms with E-state index in [1.54, 1.807) is 35.2 Å². The number of benzene rings is 1. The molecule has 2 aliphatic heterocycles. The highest BCUT2D eigenvalue weighted by molar-refractivity contribution is 5.94. The van der Waals surface area contributed by atoms with Crippen molar-refractivity contribution >= 4 is 11.8 Å². The molecule has 2 fully saturated rings. The van der Waals surface area contributed by atoms with Crippen LogP contribution in [0.15, 0.2) is 30.3 Å². The number of carbonyl (C=O) groups is 2. The number of nitrogens with one attached hydrogen (secondary N) is 2. The number of hydrogen-bond donors (Lipinski definition) is 3. The summed E-state index contributed by atoms with van der Waals surface area (Å²) in [7, 11) is 0. The second kappa shape index (κ2) is 6.23. The zero-order valence-corrected chi connectivity index (χ0v) is 13.7. The van der Waals surface area contributed by atoms with Crippen molar-refractivity contribution in [3.8, 4) is 17.0 Å². The topological polar surface area (TPSA) is 98.3 Å². The van der Waals surface area contributed by atoms with Crippen LogP contribution >= 0.6 is 0 Å². The highest BCUT2D eigenvalue weighted by atomic mass is 16.3. The molecule has 4 rings (SSSR count). The number of hydrogen-bond acceptors (Lipinski definition) is 4. The normalized spacial score (nSPS) is 23.0. The van der Waals surface area contributed by atoms with E-state index in [0.717, 1.165) is 19.3 Å². The van der Waals surface area contributed by atoms with Gasteiger partial charge in [0.1, 0.15) is 11.4 Å². The predicted octanol–water partition coefficient (Wildman–Crippen LogP) is 1.52. The molecule has 0 radical (unpaired) electrons. The first-order valence-corrected chi connectivity index (χ1v) is 8.55. The Morgan fingerprint density at radius 3 is 2.92 bits per heavy atom. The minimum atomic E-state index is -0.164. The average Bonchev–Trinajstić information content (AvgIpc) is 2.93. The molecule has 7 nitrogen and oxygen atoms in total. The molecule has 0 spiro atoms. The van der Waals surface area contributed by atoms with Crippen LogP contribution in [-0.4, -0.2) is 51.1 Å². The zero-order chi connectivity index (χ0) is 17.4. The van der Waals surface area contributed by atoms with Gasteiger partial charge in [0.15, 0.2) is 0 Å². The Morgan fingerprint density at radius 1 is 1.24 bits per heavy atom. The van der Waals surface area contributed by atoms with E-state index in [9.17, 15) is 14.7 Å². The van der Waals surface area contributed by atoms with Crippen LogP contribution in [0.2, 0.25) is 0 Å². The maximum atomic E-state index is 12.9. The molecule has 1 aromatic carbocycles. The number of fused-ring (bicyclic) bond motifs is 3. The molecule has 3 heterocycles. The van der Waals surface area contributed by atoms with Crippen LogP contribution in [0.3, 0.4) is 0 Å². The van der Waals surface area contributed by atoms with E-state index in [1.807, 2.05) is 0 Å². The molecule has 3 N–H and O–H groups in total. The van der Waals surface area contributed by atoms with Crippen molar-refractivity contribution in [1.82, 2.24) is 20.4 Å². The van der Waals surface area contributed by atoms with Crippen molar-refractivity contribution in [3.05, 3.63) is 36.0 Å². The molecule has 0 saturated carbocycles. The molecular formula is C18H20N4O3. The number of rotatable bonds is 2. The molecule has 1 aromatic heterocycles. The Hall–Kier alpha value is -2.83. The Morgan fingerprint density at radius 2 is 2.08 bits per heavy atom. The molecular weight excluding hydrogens is 320 g/mol. The van der Waals surface area contributed by atoms with E-state index in [2.05, 4.69) is 15.5 Å². The molecule has 2 atom stereocenters. The van der Waals surface area contributed by atoms with E-state index in [-0.39, 0.29) is 29.5 Å². The van der Waals surface area contributed by atoms with E-state index >= 15 is 0 Å². The van der Waals surface area contributed by atoms with Gasteiger partial charge in [-0.3, -0.25) is 14.7 Å². The van der Waals surface area contributed by atoms with Crippen LogP contribution in [0.4, 0.5) is 0 Å². The largest absolute Gasteiger partial charge is 0.507 e. The molecule has 2 bridgehead atoms. The van der Waals surface area contributed by atoms with Gasteiger partial charge in [0.25, 0.3) is 5.91 Å². The Kier molecular flexibility index (Phi) is 3.91. The van der Waals surface area contributed by atoms with Crippen LogP contribution < -0.4 is 5.32 Å². The monoisotopic (exact) mass is 340 g/mol. The predicted molar refractivity (Wildman–Crippen MR) is 90.9 cm³/mol. The lowest BCUT2D eigenvalue weighted by atomic mass is 9.99. The van der Waals surface area contributed by atoms with Crippen molar-refractivity contribution in [2.45, 2.75) is 25.3 Å². The maximum absolute atomic E-state index is 12.9. The number of carbonyl (C=O) groups excluding carboxylic acids is 2. The van der Waals surface area contributed by atoms with Gasteiger partial charge in [-0.05, 0) is 31.0 Å². The molecule has 0 aliphatic carbocycles. The van der Waals surface area contributed by atoms with Crippen LogP contribution in [0.5, 0.6) is 5.75 Å². The minimum absolute atomic E-state index is 0.0181. The molecule has 2 aromatic rings. The van der Waals surface area contributed by atoms with E-state index < -0.39 is 0 Å². The van der Waals surface area contributed by atoms with Gasteiger partial charge in [-0.2, -0.15) is 5.10 Å². The summed E-state index contributed by atoms with van der Waals surface area (Å²) in [5, 5.41) is 19.9. The van der Waals surface area contributed by atoms with Gasteiger partial charge in [0.2, 0.25) is 5.91 Å². The molecule has 0 unspecified atom stereocenters. The van der Waals surface area contributed by atoms with E-state index in [1.165, 1.54) is 0 Å². The molecule has 2 amide bonds. The molecule has 7 heteroatoms. The highest BCUT2D eigenvalue weighted by Crippen LogP contribution is 2.28. The summed E-state index contributed by atoms with van der Waals surface area (Å²) in [6, 6.07) is 8.53. The number of aromatic hydroxyl groups is 1. The summed E-state index contributed by atoms with van der Waals surface area (Å²) in [6.07, 6.45) is 2.73. The average molecular weight is 340 g/mol. The third-order valence-electron chi connectivity index (χ3n) is 4.98. The van der Waals surface area contributed by atoms with Crippen molar-refractivity contribution < 1.29 is 14.7 Å². The first-order chi connectivity index (χ1) is 12.1. The number of aromatic nitrogens is 2. The van der Waals surface area contributed by atoms with Crippen LogP contribution in [-0.2, 0) is 4.79 Å². The Bertz CT molecular complexity index is 816. The fourth-order valence-corrected chi connectivity index (χ4v) is 3.65. The van der Waals surface area contributed by atoms with Gasteiger partial charge in [-0.15, -0.1) is 0 Å². The van der Waals surface area contributed by atoms with Gasteiger partial charge < -0.3 is 15.3 Å². The molecule has 2 aliphatic rings. The van der Waals surface area contributed by atoms with Crippen LogP contribution in [0.25, 0.3) is 11.3 Å². The summed E-state index contributed by atoms with van der Waals surface area (Å²) in [6.45, 7) is 0.956. The number of phenolic OH excluding ortho intramolecular Hbond substituents is 1. The number of aromatic amines is 1. The number of para-hydroxylation sites is 1. The molecule has 130 valence electrons. The van der Waals surface area contributed by atoms with Crippen LogP contribution in [0.1, 0.15) is 29.8 Å². The minimum Gasteiger partial charge on any atom is -0.507 e. The third kappa shape index (κ3) is 2.97. The van der Waals surface area contributed by atoms with Gasteiger partial charge in [0.05, 0.1) is 11.6 Å². The number of H-pyrrole nitrogens is 1. The first kappa shape index (κ1) is 15.7. The van der Waals surface area contributed by atoms with E-state index in [4.69, 9.17) is 0 Å². The lowest BCUT2D eigenvalue weighted by Crippen LogP contribution is -2.41. The van der Waals surface area contributed by atoms with Crippen LogP contribution in [0, 0.1) is 5.92 Å². The lowest BCUT2D eigenvalue weighted by molar-refractivity contribution is -0.124. The second-order valence-corrected chi connectivity index (χ2v) is 6.73. The SMILES string of the molecule is O=C1N[C@@H]2CCC[C@H]1CN(C(=O)c1cc(-c3ccccc3O)n[nH]1)C2. The number of phenols is 1. The highest BCUT2D eigenvalue weighted by Gasteiger charge is 2.35. The fourth-order valence-electron chi connectivity index (χ4n) is 3.65. The van der Waals surface area contributed by atoms with Gasteiger partial charge in [-0.25, -0.2) is 0 Å². The fraction of sp³-hybridized carbons (Fsp3) is 0.389. The van der Waals surface area contributed by atoms with Gasteiger partial charge in [0, 0.05) is 24.7 Å². The number of amides is 2. The van der Waals surface area contributed by atoms with Crippen molar-refractivity contribution in [3.63, 3.8) is 0 Å². The van der Waals surface area contributed by atoms with Crippen molar-refractivity contribution in [1.29, 1.82) is 0 Å². The van der Waals surface area contributed by atoms with Crippen molar-refractivity contribution in [2.75, 3.05) is 13.1 Å². The van der Waals surface area contributed by atoms with Crippen molar-refractivity contribution in [2.24, 2.45) is 5.92 Å². The van der Waals surface area contributed by atoms with E-state index in [0.29, 0.717) is 30.0 Å². The Balaban J connectivity index is 1.57. The molecule has 2 saturated heterocycles. The summed E-state index contributed by atoms with van der Waals surface area (Å²) in [5.74, 6) is -0.135.